The third-order valence-corrected chi connectivity index (χ3v) is 4.54. The zero-order valence-electron chi connectivity index (χ0n) is 13.9. The van der Waals surface area contributed by atoms with Crippen LogP contribution in [-0.2, 0) is 6.54 Å². The second kappa shape index (κ2) is 7.26. The minimum atomic E-state index is -0.0513. The Bertz CT molecular complexity index is 846. The highest BCUT2D eigenvalue weighted by molar-refractivity contribution is 9.10. The van der Waals surface area contributed by atoms with Gasteiger partial charge in [-0.15, -0.1) is 0 Å². The number of amides is 1. The van der Waals surface area contributed by atoms with Crippen LogP contribution in [0, 0.1) is 6.92 Å². The second-order valence-corrected chi connectivity index (χ2v) is 6.87. The number of halogens is 1. The van der Waals surface area contributed by atoms with Gasteiger partial charge in [0.1, 0.15) is 11.5 Å². The van der Waals surface area contributed by atoms with Crippen molar-refractivity contribution in [2.75, 3.05) is 6.54 Å². The maximum Gasteiger partial charge on any atom is 0.268 e. The van der Waals surface area contributed by atoms with Gasteiger partial charge < -0.3 is 14.3 Å². The van der Waals surface area contributed by atoms with E-state index in [1.165, 1.54) is 0 Å². The molecule has 0 radical (unpaired) electrons. The summed E-state index contributed by atoms with van der Waals surface area (Å²) < 4.78 is 8.78. The standard InChI is InChI=1S/C19H21BrN2O2/c1-3-4-9-21-19(23)17-11-18-16(10-13(2)24-18)22(17)12-14-5-7-15(20)8-6-14/h5-8,10-11H,3-4,9,12H2,1-2H3,(H,21,23). The number of aryl methyl sites for hydroxylation is 1. The van der Waals surface area contributed by atoms with Gasteiger partial charge in [0.2, 0.25) is 0 Å². The molecule has 2 aromatic heterocycles. The molecule has 0 spiro atoms. The Morgan fingerprint density at radius 2 is 2.00 bits per heavy atom. The van der Waals surface area contributed by atoms with Gasteiger partial charge in [-0.3, -0.25) is 4.79 Å². The minimum Gasteiger partial charge on any atom is -0.460 e. The molecule has 0 bridgehead atoms. The highest BCUT2D eigenvalue weighted by atomic mass is 79.9. The van der Waals surface area contributed by atoms with Gasteiger partial charge in [0.25, 0.3) is 5.91 Å². The Hall–Kier alpha value is -2.01. The van der Waals surface area contributed by atoms with Crippen molar-refractivity contribution in [3.05, 3.63) is 57.9 Å². The van der Waals surface area contributed by atoms with Crippen LogP contribution in [0.25, 0.3) is 11.1 Å². The Kier molecular flexibility index (Phi) is 5.09. The van der Waals surface area contributed by atoms with E-state index in [1.54, 1.807) is 0 Å². The van der Waals surface area contributed by atoms with Gasteiger partial charge in [-0.2, -0.15) is 0 Å². The molecule has 0 fully saturated rings. The summed E-state index contributed by atoms with van der Waals surface area (Å²) >= 11 is 3.45. The van der Waals surface area contributed by atoms with E-state index in [-0.39, 0.29) is 5.91 Å². The van der Waals surface area contributed by atoms with Gasteiger partial charge in [-0.25, -0.2) is 0 Å². The van der Waals surface area contributed by atoms with Gasteiger partial charge in [0.15, 0.2) is 5.58 Å². The molecule has 3 rings (SSSR count). The molecule has 2 heterocycles. The molecule has 0 atom stereocenters. The van der Waals surface area contributed by atoms with Gasteiger partial charge in [0.05, 0.1) is 5.52 Å². The molecular weight excluding hydrogens is 368 g/mol. The quantitative estimate of drug-likeness (QED) is 0.611. The van der Waals surface area contributed by atoms with Crippen molar-refractivity contribution in [2.24, 2.45) is 0 Å². The molecule has 3 aromatic rings. The summed E-state index contributed by atoms with van der Waals surface area (Å²) in [6.07, 6.45) is 2.04. The first-order valence-electron chi connectivity index (χ1n) is 8.21. The molecule has 0 saturated carbocycles. The first-order valence-corrected chi connectivity index (χ1v) is 9.00. The van der Waals surface area contributed by atoms with Crippen molar-refractivity contribution in [3.63, 3.8) is 0 Å². The molecule has 0 unspecified atom stereocenters. The molecule has 24 heavy (non-hydrogen) atoms. The Balaban J connectivity index is 1.94. The topological polar surface area (TPSA) is 47.2 Å². The van der Waals surface area contributed by atoms with E-state index in [9.17, 15) is 4.79 Å². The van der Waals surface area contributed by atoms with Crippen LogP contribution in [0.1, 0.15) is 41.6 Å². The van der Waals surface area contributed by atoms with Gasteiger partial charge >= 0.3 is 0 Å². The van der Waals surface area contributed by atoms with Crippen LogP contribution in [-0.4, -0.2) is 17.0 Å². The van der Waals surface area contributed by atoms with E-state index >= 15 is 0 Å². The van der Waals surface area contributed by atoms with Crippen LogP contribution < -0.4 is 5.32 Å². The summed E-state index contributed by atoms with van der Waals surface area (Å²) in [5, 5.41) is 2.99. The zero-order chi connectivity index (χ0) is 17.1. The number of nitrogens with zero attached hydrogens (tertiary/aromatic N) is 1. The number of carbonyl (C=O) groups is 1. The van der Waals surface area contributed by atoms with E-state index in [0.717, 1.165) is 39.7 Å². The molecule has 0 saturated heterocycles. The molecule has 1 aromatic carbocycles. The lowest BCUT2D eigenvalue weighted by atomic mass is 10.2. The first kappa shape index (κ1) is 16.8. The number of hydrogen-bond acceptors (Lipinski definition) is 2. The van der Waals surface area contributed by atoms with Gasteiger partial charge in [0, 0.05) is 29.7 Å². The third kappa shape index (κ3) is 3.56. The highest BCUT2D eigenvalue weighted by Gasteiger charge is 2.18. The summed E-state index contributed by atoms with van der Waals surface area (Å²) in [6.45, 7) is 5.36. The first-order chi connectivity index (χ1) is 11.6. The maximum absolute atomic E-state index is 12.6. The predicted molar refractivity (Wildman–Crippen MR) is 99.4 cm³/mol. The van der Waals surface area contributed by atoms with E-state index in [1.807, 2.05) is 35.8 Å². The Morgan fingerprint density at radius 3 is 2.71 bits per heavy atom. The lowest BCUT2D eigenvalue weighted by molar-refractivity contribution is 0.0944. The monoisotopic (exact) mass is 388 g/mol. The number of nitrogens with one attached hydrogen (secondary N) is 1. The molecule has 0 aliphatic heterocycles. The van der Waals surface area contributed by atoms with Crippen molar-refractivity contribution < 1.29 is 9.21 Å². The predicted octanol–water partition coefficient (Wildman–Crippen LogP) is 4.88. The fourth-order valence-electron chi connectivity index (χ4n) is 2.77. The largest absolute Gasteiger partial charge is 0.460 e. The highest BCUT2D eigenvalue weighted by Crippen LogP contribution is 2.25. The number of furan rings is 1. The van der Waals surface area contributed by atoms with Crippen LogP contribution in [0.3, 0.4) is 0 Å². The van der Waals surface area contributed by atoms with Crippen LogP contribution in [0.4, 0.5) is 0 Å². The summed E-state index contributed by atoms with van der Waals surface area (Å²) in [6, 6.07) is 12.0. The van der Waals surface area contributed by atoms with Crippen LogP contribution in [0.5, 0.6) is 0 Å². The van der Waals surface area contributed by atoms with Crippen LogP contribution in [0.2, 0.25) is 0 Å². The number of unbranched alkanes of at least 4 members (excludes halogenated alkanes) is 1. The Morgan fingerprint density at radius 1 is 1.25 bits per heavy atom. The lowest BCUT2D eigenvalue weighted by Gasteiger charge is -2.11. The molecule has 0 aliphatic rings. The molecule has 0 aliphatic carbocycles. The number of carbonyl (C=O) groups excluding carboxylic acids is 1. The average Bonchev–Trinajstić information content (AvgIpc) is 3.07. The van der Waals surface area contributed by atoms with Crippen LogP contribution >= 0.6 is 15.9 Å². The maximum atomic E-state index is 12.6. The summed E-state index contributed by atoms with van der Waals surface area (Å²) in [7, 11) is 0. The number of benzene rings is 1. The smallest absolute Gasteiger partial charge is 0.268 e. The number of aromatic nitrogens is 1. The van der Waals surface area contributed by atoms with E-state index in [2.05, 4.69) is 40.3 Å². The molecular formula is C19H21BrN2O2. The molecule has 4 nitrogen and oxygen atoms in total. The fourth-order valence-corrected chi connectivity index (χ4v) is 3.03. The second-order valence-electron chi connectivity index (χ2n) is 5.96. The van der Waals surface area contributed by atoms with E-state index in [0.29, 0.717) is 18.8 Å². The van der Waals surface area contributed by atoms with Crippen LogP contribution in [0.15, 0.2) is 45.3 Å². The Labute approximate surface area is 150 Å². The summed E-state index contributed by atoms with van der Waals surface area (Å²) in [5.74, 6) is 0.798. The van der Waals surface area contributed by atoms with Crippen molar-refractivity contribution in [3.8, 4) is 0 Å². The van der Waals surface area contributed by atoms with Gasteiger partial charge in [-0.05, 0) is 31.0 Å². The minimum absolute atomic E-state index is 0.0513. The normalized spacial score (nSPS) is 11.1. The average molecular weight is 389 g/mol. The summed E-state index contributed by atoms with van der Waals surface area (Å²) in [5.41, 5.74) is 3.49. The van der Waals surface area contributed by atoms with E-state index in [4.69, 9.17) is 4.42 Å². The number of fused-ring (bicyclic) bond motifs is 1. The SMILES string of the molecule is CCCCNC(=O)c1cc2oc(C)cc2n1Cc1ccc(Br)cc1. The van der Waals surface area contributed by atoms with Gasteiger partial charge in [-0.1, -0.05) is 41.4 Å². The zero-order valence-corrected chi connectivity index (χ0v) is 15.5. The summed E-state index contributed by atoms with van der Waals surface area (Å²) in [4.78, 5) is 12.6. The third-order valence-electron chi connectivity index (χ3n) is 4.02. The van der Waals surface area contributed by atoms with Crippen molar-refractivity contribution in [1.82, 2.24) is 9.88 Å². The van der Waals surface area contributed by atoms with Crippen molar-refractivity contribution >= 4 is 32.9 Å². The molecule has 5 heteroatoms. The molecule has 1 N–H and O–H groups in total. The molecule has 126 valence electrons. The molecule has 1 amide bonds. The number of hydrogen-bond donors (Lipinski definition) is 1. The number of rotatable bonds is 6. The van der Waals surface area contributed by atoms with E-state index < -0.39 is 0 Å². The van der Waals surface area contributed by atoms with Crippen molar-refractivity contribution in [1.29, 1.82) is 0 Å². The lowest BCUT2D eigenvalue weighted by Crippen LogP contribution is -2.27. The van der Waals surface area contributed by atoms with Crippen molar-refractivity contribution in [2.45, 2.75) is 33.2 Å². The fraction of sp³-hybridized carbons (Fsp3) is 0.316.